The van der Waals surface area contributed by atoms with Crippen LogP contribution in [0.5, 0.6) is 0 Å². The zero-order valence-electron chi connectivity index (χ0n) is 14.2. The molecule has 0 bridgehead atoms. The van der Waals surface area contributed by atoms with Gasteiger partial charge in [0.1, 0.15) is 0 Å². The van der Waals surface area contributed by atoms with E-state index in [0.29, 0.717) is 35.7 Å². The molecule has 0 saturated carbocycles. The third kappa shape index (κ3) is 7.01. The van der Waals surface area contributed by atoms with Crippen molar-refractivity contribution in [2.45, 2.75) is 19.7 Å². The van der Waals surface area contributed by atoms with Crippen LogP contribution in [0.1, 0.15) is 16.7 Å². The van der Waals surface area contributed by atoms with E-state index < -0.39 is 0 Å². The van der Waals surface area contributed by atoms with Gasteiger partial charge in [-0.15, -0.1) is 24.0 Å². The van der Waals surface area contributed by atoms with Gasteiger partial charge in [0, 0.05) is 37.3 Å². The third-order valence-corrected chi connectivity index (χ3v) is 4.14. The van der Waals surface area contributed by atoms with Crippen LogP contribution in [0.4, 0.5) is 0 Å². The molecule has 0 aromatic heterocycles. The van der Waals surface area contributed by atoms with Gasteiger partial charge in [0.15, 0.2) is 5.96 Å². The summed E-state index contributed by atoms with van der Waals surface area (Å²) < 4.78 is 5.23. The molecular formula is C18H22Cl2IN3O. The van der Waals surface area contributed by atoms with Crippen molar-refractivity contribution < 1.29 is 4.74 Å². The van der Waals surface area contributed by atoms with Crippen LogP contribution in [0.15, 0.2) is 47.5 Å². The van der Waals surface area contributed by atoms with E-state index in [1.165, 1.54) is 5.56 Å². The molecule has 0 atom stereocenters. The standard InChI is InChI=1S/C18H21Cl2N3O.HI/c1-21-18(23-11-14-7-8-16(19)9-17(14)20)22-10-13-5-3-4-6-15(13)12-24-2;/h3-9H,10-12H2,1-2H3,(H2,21,22,23);1H. The van der Waals surface area contributed by atoms with Crippen LogP contribution < -0.4 is 10.6 Å². The molecule has 4 nitrogen and oxygen atoms in total. The minimum absolute atomic E-state index is 0. The summed E-state index contributed by atoms with van der Waals surface area (Å²) in [5, 5.41) is 7.81. The van der Waals surface area contributed by atoms with E-state index in [9.17, 15) is 0 Å². The van der Waals surface area contributed by atoms with Crippen LogP contribution in [0.3, 0.4) is 0 Å². The Hall–Kier alpha value is -1.02. The van der Waals surface area contributed by atoms with Crippen LogP contribution in [0.25, 0.3) is 0 Å². The average Bonchev–Trinajstić information content (AvgIpc) is 2.58. The molecule has 0 radical (unpaired) electrons. The summed E-state index contributed by atoms with van der Waals surface area (Å²) in [5.74, 6) is 0.702. The Kier molecular flexibility index (Phi) is 10.2. The number of methoxy groups -OCH3 is 1. The molecule has 2 N–H and O–H groups in total. The fraction of sp³-hybridized carbons (Fsp3) is 0.278. The average molecular weight is 494 g/mol. The number of rotatable bonds is 6. The zero-order chi connectivity index (χ0) is 17.4. The van der Waals surface area contributed by atoms with Gasteiger partial charge in [-0.2, -0.15) is 0 Å². The van der Waals surface area contributed by atoms with Crippen LogP contribution in [-0.4, -0.2) is 20.1 Å². The molecule has 0 unspecified atom stereocenters. The number of guanidine groups is 1. The van der Waals surface area contributed by atoms with Gasteiger partial charge < -0.3 is 15.4 Å². The zero-order valence-corrected chi connectivity index (χ0v) is 18.0. The Morgan fingerprint density at radius 3 is 2.24 bits per heavy atom. The smallest absolute Gasteiger partial charge is 0.191 e. The monoisotopic (exact) mass is 493 g/mol. The first kappa shape index (κ1) is 22.0. The van der Waals surface area contributed by atoms with Crippen LogP contribution in [-0.2, 0) is 24.4 Å². The van der Waals surface area contributed by atoms with E-state index in [1.54, 1.807) is 20.2 Å². The summed E-state index contributed by atoms with van der Waals surface area (Å²) in [6, 6.07) is 13.6. The molecule has 2 aromatic carbocycles. The normalized spacial score (nSPS) is 11.0. The lowest BCUT2D eigenvalue weighted by Gasteiger charge is -2.14. The number of aliphatic imine (C=N–C) groups is 1. The van der Waals surface area contributed by atoms with Crippen molar-refractivity contribution in [2.24, 2.45) is 4.99 Å². The summed E-state index contributed by atoms with van der Waals surface area (Å²) in [6.07, 6.45) is 0. The second-order valence-corrected chi connectivity index (χ2v) is 6.06. The molecule has 0 fully saturated rings. The fourth-order valence-corrected chi connectivity index (χ4v) is 2.75. The van der Waals surface area contributed by atoms with Crippen LogP contribution >= 0.6 is 47.2 Å². The molecular weight excluding hydrogens is 472 g/mol. The molecule has 2 aromatic rings. The van der Waals surface area contributed by atoms with Crippen molar-refractivity contribution >= 4 is 53.1 Å². The number of ether oxygens (including phenoxy) is 1. The van der Waals surface area contributed by atoms with Crippen molar-refractivity contribution in [1.82, 2.24) is 10.6 Å². The van der Waals surface area contributed by atoms with Crippen LogP contribution in [0.2, 0.25) is 10.0 Å². The van der Waals surface area contributed by atoms with Crippen molar-refractivity contribution in [3.8, 4) is 0 Å². The molecule has 2 rings (SSSR count). The number of nitrogens with one attached hydrogen (secondary N) is 2. The van der Waals surface area contributed by atoms with E-state index in [4.69, 9.17) is 27.9 Å². The molecule has 0 spiro atoms. The van der Waals surface area contributed by atoms with E-state index in [2.05, 4.69) is 27.8 Å². The van der Waals surface area contributed by atoms with Gasteiger partial charge >= 0.3 is 0 Å². The summed E-state index contributed by atoms with van der Waals surface area (Å²) in [4.78, 5) is 4.24. The maximum atomic E-state index is 6.19. The van der Waals surface area contributed by atoms with Crippen molar-refractivity contribution in [1.29, 1.82) is 0 Å². The van der Waals surface area contributed by atoms with Gasteiger partial charge in [0.25, 0.3) is 0 Å². The Morgan fingerprint density at radius 1 is 1.00 bits per heavy atom. The lowest BCUT2D eigenvalue weighted by atomic mass is 10.1. The Labute approximate surface area is 176 Å². The first-order valence-corrected chi connectivity index (χ1v) is 8.33. The topological polar surface area (TPSA) is 45.7 Å². The maximum absolute atomic E-state index is 6.19. The number of benzene rings is 2. The summed E-state index contributed by atoms with van der Waals surface area (Å²) in [5.41, 5.74) is 3.29. The van der Waals surface area contributed by atoms with E-state index in [0.717, 1.165) is 11.1 Å². The highest BCUT2D eigenvalue weighted by atomic mass is 127. The lowest BCUT2D eigenvalue weighted by Crippen LogP contribution is -2.36. The Morgan fingerprint density at radius 2 is 1.64 bits per heavy atom. The maximum Gasteiger partial charge on any atom is 0.191 e. The molecule has 0 aliphatic heterocycles. The first-order valence-electron chi connectivity index (χ1n) is 7.58. The highest BCUT2D eigenvalue weighted by Gasteiger charge is 2.05. The van der Waals surface area contributed by atoms with E-state index >= 15 is 0 Å². The fourth-order valence-electron chi connectivity index (χ4n) is 2.27. The van der Waals surface area contributed by atoms with Gasteiger partial charge in [-0.1, -0.05) is 53.5 Å². The van der Waals surface area contributed by atoms with Crippen LogP contribution in [0, 0.1) is 0 Å². The first-order chi connectivity index (χ1) is 11.6. The molecule has 0 saturated heterocycles. The van der Waals surface area contributed by atoms with E-state index in [-0.39, 0.29) is 24.0 Å². The van der Waals surface area contributed by atoms with E-state index in [1.807, 2.05) is 24.3 Å². The number of hydrogen-bond donors (Lipinski definition) is 2. The highest BCUT2D eigenvalue weighted by Crippen LogP contribution is 2.20. The molecule has 7 heteroatoms. The number of halogens is 3. The van der Waals surface area contributed by atoms with Crippen molar-refractivity contribution in [3.05, 3.63) is 69.2 Å². The number of hydrogen-bond acceptors (Lipinski definition) is 2. The second kappa shape index (κ2) is 11.6. The molecule has 0 amide bonds. The Bertz CT molecular complexity index is 710. The Balaban J connectivity index is 0.00000312. The van der Waals surface area contributed by atoms with Gasteiger partial charge in [-0.05, 0) is 28.8 Å². The predicted octanol–water partition coefficient (Wildman–Crippen LogP) is 4.62. The van der Waals surface area contributed by atoms with Gasteiger partial charge in [0.05, 0.1) is 6.61 Å². The molecule has 0 aliphatic rings. The van der Waals surface area contributed by atoms with Crippen molar-refractivity contribution in [3.63, 3.8) is 0 Å². The minimum atomic E-state index is 0. The largest absolute Gasteiger partial charge is 0.380 e. The number of nitrogens with zero attached hydrogens (tertiary/aromatic N) is 1. The molecule has 0 aliphatic carbocycles. The summed E-state index contributed by atoms with van der Waals surface area (Å²) in [6.45, 7) is 1.81. The molecule has 25 heavy (non-hydrogen) atoms. The van der Waals surface area contributed by atoms with Gasteiger partial charge in [-0.3, -0.25) is 4.99 Å². The summed E-state index contributed by atoms with van der Waals surface area (Å²) >= 11 is 12.1. The highest BCUT2D eigenvalue weighted by molar-refractivity contribution is 14.0. The summed E-state index contributed by atoms with van der Waals surface area (Å²) in [7, 11) is 3.43. The lowest BCUT2D eigenvalue weighted by molar-refractivity contribution is 0.184. The quantitative estimate of drug-likeness (QED) is 0.350. The second-order valence-electron chi connectivity index (χ2n) is 5.22. The minimum Gasteiger partial charge on any atom is -0.380 e. The molecule has 136 valence electrons. The van der Waals surface area contributed by atoms with Gasteiger partial charge in [-0.25, -0.2) is 0 Å². The SMILES string of the molecule is CN=C(NCc1ccc(Cl)cc1Cl)NCc1ccccc1COC.I. The molecule has 0 heterocycles. The third-order valence-electron chi connectivity index (χ3n) is 3.55. The van der Waals surface area contributed by atoms with Gasteiger partial charge in [0.2, 0.25) is 0 Å². The van der Waals surface area contributed by atoms with Crippen molar-refractivity contribution in [2.75, 3.05) is 14.2 Å². The predicted molar refractivity (Wildman–Crippen MR) is 116 cm³/mol.